The Bertz CT molecular complexity index is 233. The molecule has 1 amide bonds. The lowest BCUT2D eigenvalue weighted by molar-refractivity contribution is -0.123. The molecule has 1 fully saturated rings. The smallest absolute Gasteiger partial charge is 0.236 e. The first-order valence-electron chi connectivity index (χ1n) is 6.76. The summed E-state index contributed by atoms with van der Waals surface area (Å²) < 4.78 is 5.39. The molecular formula is C13H26N2O2. The van der Waals surface area contributed by atoms with E-state index in [1.165, 1.54) is 0 Å². The molecule has 0 aliphatic carbocycles. The second-order valence-electron chi connectivity index (χ2n) is 4.98. The summed E-state index contributed by atoms with van der Waals surface area (Å²) in [6.07, 6.45) is 3.15. The van der Waals surface area contributed by atoms with Crippen molar-refractivity contribution < 1.29 is 9.53 Å². The summed E-state index contributed by atoms with van der Waals surface area (Å²) in [5.41, 5.74) is 0. The van der Waals surface area contributed by atoms with Crippen LogP contribution in [0, 0.1) is 5.92 Å². The number of carbonyl (C=O) groups is 1. The van der Waals surface area contributed by atoms with E-state index in [0.717, 1.165) is 39.0 Å². The lowest BCUT2D eigenvalue weighted by atomic mass is 9.97. The van der Waals surface area contributed by atoms with Crippen LogP contribution in [0.15, 0.2) is 0 Å². The summed E-state index contributed by atoms with van der Waals surface area (Å²) >= 11 is 0. The van der Waals surface area contributed by atoms with Crippen LogP contribution in [0.5, 0.6) is 0 Å². The van der Waals surface area contributed by atoms with E-state index in [0.29, 0.717) is 12.0 Å². The maximum atomic E-state index is 11.8. The van der Waals surface area contributed by atoms with Gasteiger partial charge in [0.15, 0.2) is 0 Å². The minimum Gasteiger partial charge on any atom is -0.381 e. The Hall–Kier alpha value is -0.610. The molecule has 4 heteroatoms. The minimum absolute atomic E-state index is 0.108. The van der Waals surface area contributed by atoms with Crippen molar-refractivity contribution >= 4 is 5.91 Å². The van der Waals surface area contributed by atoms with E-state index in [1.807, 2.05) is 6.92 Å². The van der Waals surface area contributed by atoms with Gasteiger partial charge < -0.3 is 15.4 Å². The number of unbranched alkanes of at least 4 members (excludes halogenated alkanes) is 1. The van der Waals surface area contributed by atoms with E-state index in [4.69, 9.17) is 4.74 Å². The Kier molecular flexibility index (Phi) is 6.52. The summed E-state index contributed by atoms with van der Waals surface area (Å²) in [6, 6.07) is 0.285. The SMILES string of the molecule is CCCCNC(=O)C(C)NC1CCOCC1C. The van der Waals surface area contributed by atoms with Crippen molar-refractivity contribution in [2.45, 2.75) is 52.1 Å². The lowest BCUT2D eigenvalue weighted by Crippen LogP contribution is -2.51. The van der Waals surface area contributed by atoms with Crippen LogP contribution in [0.2, 0.25) is 0 Å². The van der Waals surface area contributed by atoms with Crippen LogP contribution in [0.1, 0.15) is 40.0 Å². The maximum Gasteiger partial charge on any atom is 0.236 e. The molecule has 0 aromatic carbocycles. The highest BCUT2D eigenvalue weighted by molar-refractivity contribution is 5.81. The van der Waals surface area contributed by atoms with E-state index < -0.39 is 0 Å². The summed E-state index contributed by atoms with van der Waals surface area (Å²) in [6.45, 7) is 8.60. The highest BCUT2D eigenvalue weighted by Crippen LogP contribution is 2.14. The molecule has 0 aromatic rings. The summed E-state index contributed by atoms with van der Waals surface area (Å²) in [5.74, 6) is 0.590. The molecular weight excluding hydrogens is 216 g/mol. The fraction of sp³-hybridized carbons (Fsp3) is 0.923. The van der Waals surface area contributed by atoms with E-state index in [-0.39, 0.29) is 11.9 Å². The fourth-order valence-electron chi connectivity index (χ4n) is 2.07. The molecule has 3 unspecified atom stereocenters. The standard InChI is InChI=1S/C13H26N2O2/c1-4-5-7-14-13(16)11(3)15-12-6-8-17-9-10(12)2/h10-12,15H,4-9H2,1-3H3,(H,14,16). The van der Waals surface area contributed by atoms with Crippen LogP contribution in [-0.4, -0.2) is 37.7 Å². The Morgan fingerprint density at radius 2 is 2.29 bits per heavy atom. The Balaban J connectivity index is 2.26. The van der Waals surface area contributed by atoms with Gasteiger partial charge in [-0.3, -0.25) is 4.79 Å². The van der Waals surface area contributed by atoms with Gasteiger partial charge in [0, 0.05) is 19.2 Å². The van der Waals surface area contributed by atoms with Gasteiger partial charge in [-0.15, -0.1) is 0 Å². The molecule has 0 bridgehead atoms. The highest BCUT2D eigenvalue weighted by Gasteiger charge is 2.25. The van der Waals surface area contributed by atoms with Crippen LogP contribution in [0.3, 0.4) is 0 Å². The van der Waals surface area contributed by atoms with Gasteiger partial charge in [0.2, 0.25) is 5.91 Å². The van der Waals surface area contributed by atoms with Gasteiger partial charge in [0.25, 0.3) is 0 Å². The number of ether oxygens (including phenoxy) is 1. The number of carbonyl (C=O) groups excluding carboxylic acids is 1. The Morgan fingerprint density at radius 1 is 1.53 bits per heavy atom. The lowest BCUT2D eigenvalue weighted by Gasteiger charge is -2.31. The first-order valence-corrected chi connectivity index (χ1v) is 6.76. The number of amides is 1. The van der Waals surface area contributed by atoms with Crippen molar-refractivity contribution in [3.8, 4) is 0 Å². The van der Waals surface area contributed by atoms with Gasteiger partial charge in [-0.25, -0.2) is 0 Å². The molecule has 0 aromatic heterocycles. The molecule has 1 heterocycles. The largest absolute Gasteiger partial charge is 0.381 e. The third-order valence-electron chi connectivity index (χ3n) is 3.33. The molecule has 0 radical (unpaired) electrons. The molecule has 17 heavy (non-hydrogen) atoms. The van der Waals surface area contributed by atoms with Gasteiger partial charge in [-0.05, 0) is 25.7 Å². The van der Waals surface area contributed by atoms with Crippen LogP contribution >= 0.6 is 0 Å². The van der Waals surface area contributed by atoms with Crippen LogP contribution in [0.25, 0.3) is 0 Å². The number of rotatable bonds is 6. The van der Waals surface area contributed by atoms with Gasteiger partial charge in [-0.1, -0.05) is 20.3 Å². The molecule has 1 aliphatic heterocycles. The molecule has 100 valence electrons. The minimum atomic E-state index is -0.114. The van der Waals surface area contributed by atoms with Crippen molar-refractivity contribution in [1.82, 2.24) is 10.6 Å². The van der Waals surface area contributed by atoms with Gasteiger partial charge in [0.05, 0.1) is 12.6 Å². The summed E-state index contributed by atoms with van der Waals surface area (Å²) in [7, 11) is 0. The second kappa shape index (κ2) is 7.67. The first-order chi connectivity index (χ1) is 8.15. The van der Waals surface area contributed by atoms with Crippen molar-refractivity contribution in [1.29, 1.82) is 0 Å². The normalized spacial score (nSPS) is 26.5. The van der Waals surface area contributed by atoms with E-state index in [1.54, 1.807) is 0 Å². The molecule has 3 atom stereocenters. The first kappa shape index (κ1) is 14.5. The topological polar surface area (TPSA) is 50.4 Å². The molecule has 2 N–H and O–H groups in total. The highest BCUT2D eigenvalue weighted by atomic mass is 16.5. The molecule has 0 spiro atoms. The molecule has 1 saturated heterocycles. The number of nitrogens with one attached hydrogen (secondary N) is 2. The molecule has 1 rings (SSSR count). The summed E-state index contributed by atoms with van der Waals surface area (Å²) in [4.78, 5) is 11.8. The fourth-order valence-corrected chi connectivity index (χ4v) is 2.07. The average molecular weight is 242 g/mol. The zero-order valence-electron chi connectivity index (χ0n) is 11.3. The van der Waals surface area contributed by atoms with Gasteiger partial charge >= 0.3 is 0 Å². The molecule has 4 nitrogen and oxygen atoms in total. The average Bonchev–Trinajstić information content (AvgIpc) is 2.32. The number of hydrogen-bond acceptors (Lipinski definition) is 3. The van der Waals surface area contributed by atoms with Crippen molar-refractivity contribution in [2.24, 2.45) is 5.92 Å². The quantitative estimate of drug-likeness (QED) is 0.690. The monoisotopic (exact) mass is 242 g/mol. The second-order valence-corrected chi connectivity index (χ2v) is 4.98. The molecule has 1 aliphatic rings. The van der Waals surface area contributed by atoms with Crippen LogP contribution in [0.4, 0.5) is 0 Å². The van der Waals surface area contributed by atoms with Crippen molar-refractivity contribution in [2.75, 3.05) is 19.8 Å². The Labute approximate surface area is 104 Å². The zero-order chi connectivity index (χ0) is 12.7. The third-order valence-corrected chi connectivity index (χ3v) is 3.33. The Morgan fingerprint density at radius 3 is 2.94 bits per heavy atom. The maximum absolute atomic E-state index is 11.8. The van der Waals surface area contributed by atoms with Crippen molar-refractivity contribution in [3.05, 3.63) is 0 Å². The predicted octanol–water partition coefficient (Wildman–Crippen LogP) is 1.31. The van der Waals surface area contributed by atoms with Crippen LogP contribution in [-0.2, 0) is 9.53 Å². The van der Waals surface area contributed by atoms with Gasteiger partial charge in [-0.2, -0.15) is 0 Å². The molecule has 0 saturated carbocycles. The summed E-state index contributed by atoms with van der Waals surface area (Å²) in [5, 5.41) is 6.36. The van der Waals surface area contributed by atoms with E-state index in [9.17, 15) is 4.79 Å². The van der Waals surface area contributed by atoms with Crippen LogP contribution < -0.4 is 10.6 Å². The third kappa shape index (κ3) is 5.04. The van der Waals surface area contributed by atoms with E-state index in [2.05, 4.69) is 24.5 Å². The number of hydrogen-bond donors (Lipinski definition) is 2. The zero-order valence-corrected chi connectivity index (χ0v) is 11.3. The predicted molar refractivity (Wildman–Crippen MR) is 68.9 cm³/mol. The van der Waals surface area contributed by atoms with Crippen molar-refractivity contribution in [3.63, 3.8) is 0 Å². The van der Waals surface area contributed by atoms with Gasteiger partial charge in [0.1, 0.15) is 0 Å². The van der Waals surface area contributed by atoms with E-state index >= 15 is 0 Å².